The van der Waals surface area contributed by atoms with Gasteiger partial charge in [0.15, 0.2) is 0 Å². The molecule has 1 rings (SSSR count). The van der Waals surface area contributed by atoms with Crippen LogP contribution in [0.5, 0.6) is 0 Å². The van der Waals surface area contributed by atoms with E-state index in [0.29, 0.717) is 6.61 Å². The van der Waals surface area contributed by atoms with Crippen molar-refractivity contribution in [3.05, 3.63) is 29.3 Å². The van der Waals surface area contributed by atoms with Gasteiger partial charge in [-0.25, -0.2) is 0 Å². The first-order valence-electron chi connectivity index (χ1n) is 6.60. The molecule has 4 nitrogen and oxygen atoms in total. The highest BCUT2D eigenvalue weighted by atomic mass is 32.2. The van der Waals surface area contributed by atoms with Crippen LogP contribution in [0.2, 0.25) is 0 Å². The highest BCUT2D eigenvalue weighted by Crippen LogP contribution is 2.21. The second-order valence-corrected chi connectivity index (χ2v) is 5.84. The predicted molar refractivity (Wildman–Crippen MR) is 83.1 cm³/mol. The summed E-state index contributed by atoms with van der Waals surface area (Å²) in [6.07, 6.45) is 0. The van der Waals surface area contributed by atoms with Crippen LogP contribution < -0.4 is 5.32 Å². The van der Waals surface area contributed by atoms with E-state index < -0.39 is 0 Å². The Balaban J connectivity index is 2.56. The van der Waals surface area contributed by atoms with Crippen molar-refractivity contribution in [1.82, 2.24) is 0 Å². The summed E-state index contributed by atoms with van der Waals surface area (Å²) in [4.78, 5) is 23.4. The van der Waals surface area contributed by atoms with Gasteiger partial charge in [0.1, 0.15) is 0 Å². The molecule has 0 saturated heterocycles. The van der Waals surface area contributed by atoms with E-state index in [1.165, 1.54) is 11.8 Å². The fourth-order valence-electron chi connectivity index (χ4n) is 1.71. The molecule has 0 aliphatic carbocycles. The van der Waals surface area contributed by atoms with Crippen LogP contribution in [0.1, 0.15) is 25.0 Å². The molecule has 0 bridgehead atoms. The largest absolute Gasteiger partial charge is 0.465 e. The minimum atomic E-state index is -0.307. The number of nitrogens with one attached hydrogen (secondary N) is 1. The van der Waals surface area contributed by atoms with E-state index in [1.807, 2.05) is 32.0 Å². The molecular formula is C15H21NO3S. The molecule has 0 saturated carbocycles. The van der Waals surface area contributed by atoms with Crippen molar-refractivity contribution in [2.75, 3.05) is 17.7 Å². The van der Waals surface area contributed by atoms with E-state index in [0.717, 1.165) is 16.8 Å². The van der Waals surface area contributed by atoms with Crippen LogP contribution in [-0.2, 0) is 14.3 Å². The second kappa shape index (κ2) is 7.94. The molecule has 0 radical (unpaired) electrons. The summed E-state index contributed by atoms with van der Waals surface area (Å²) in [6.45, 7) is 7.83. The number of carbonyl (C=O) groups excluding carboxylic acids is 2. The number of rotatable bonds is 6. The molecule has 0 heterocycles. The molecule has 1 unspecified atom stereocenters. The van der Waals surface area contributed by atoms with Gasteiger partial charge in [-0.2, -0.15) is 0 Å². The zero-order valence-electron chi connectivity index (χ0n) is 12.4. The number of hydrogen-bond donors (Lipinski definition) is 1. The highest BCUT2D eigenvalue weighted by molar-refractivity contribution is 8.01. The van der Waals surface area contributed by atoms with E-state index in [2.05, 4.69) is 5.32 Å². The number of benzene rings is 1. The number of para-hydroxylation sites is 1. The zero-order chi connectivity index (χ0) is 15.1. The average Bonchev–Trinajstić information content (AvgIpc) is 2.40. The topological polar surface area (TPSA) is 55.4 Å². The van der Waals surface area contributed by atoms with Crippen LogP contribution in [0.4, 0.5) is 5.69 Å². The second-order valence-electron chi connectivity index (χ2n) is 4.51. The molecule has 0 spiro atoms. The summed E-state index contributed by atoms with van der Waals surface area (Å²) in [6, 6.07) is 5.87. The molecule has 1 amide bonds. The number of amides is 1. The Morgan fingerprint density at radius 2 is 1.90 bits per heavy atom. The van der Waals surface area contributed by atoms with Crippen molar-refractivity contribution in [3.63, 3.8) is 0 Å². The molecule has 0 aromatic heterocycles. The Labute approximate surface area is 124 Å². The summed E-state index contributed by atoms with van der Waals surface area (Å²) < 4.78 is 4.84. The van der Waals surface area contributed by atoms with Crippen LogP contribution in [0.25, 0.3) is 0 Å². The maximum atomic E-state index is 12.1. The average molecular weight is 295 g/mol. The van der Waals surface area contributed by atoms with Gasteiger partial charge in [-0.05, 0) is 38.8 Å². The minimum Gasteiger partial charge on any atom is -0.465 e. The Morgan fingerprint density at radius 3 is 2.45 bits per heavy atom. The number of ether oxygens (including phenoxy) is 1. The van der Waals surface area contributed by atoms with Crippen LogP contribution in [0.3, 0.4) is 0 Å². The third kappa shape index (κ3) is 4.89. The lowest BCUT2D eigenvalue weighted by molar-refractivity contribution is -0.139. The van der Waals surface area contributed by atoms with Gasteiger partial charge in [-0.15, -0.1) is 11.8 Å². The maximum Gasteiger partial charge on any atom is 0.315 e. The Morgan fingerprint density at radius 1 is 1.30 bits per heavy atom. The monoisotopic (exact) mass is 295 g/mol. The summed E-state index contributed by atoms with van der Waals surface area (Å²) in [5, 5.41) is 2.62. The predicted octanol–water partition coefficient (Wildman–Crippen LogP) is 2.93. The maximum absolute atomic E-state index is 12.1. The van der Waals surface area contributed by atoms with Crippen molar-refractivity contribution < 1.29 is 14.3 Å². The van der Waals surface area contributed by atoms with Gasteiger partial charge < -0.3 is 10.1 Å². The number of thioether (sulfide) groups is 1. The molecule has 0 aliphatic rings. The first-order chi connectivity index (χ1) is 9.45. The van der Waals surface area contributed by atoms with E-state index in [9.17, 15) is 9.59 Å². The third-order valence-corrected chi connectivity index (χ3v) is 3.97. The van der Waals surface area contributed by atoms with Crippen molar-refractivity contribution in [1.29, 1.82) is 0 Å². The molecule has 0 aliphatic heterocycles. The van der Waals surface area contributed by atoms with Gasteiger partial charge in [0, 0.05) is 5.69 Å². The molecule has 1 N–H and O–H groups in total. The van der Waals surface area contributed by atoms with Gasteiger partial charge in [0.05, 0.1) is 17.6 Å². The fraction of sp³-hybridized carbons (Fsp3) is 0.467. The number of esters is 1. The van der Waals surface area contributed by atoms with E-state index in [-0.39, 0.29) is 22.9 Å². The van der Waals surface area contributed by atoms with Gasteiger partial charge in [0.25, 0.3) is 0 Å². The Bertz CT molecular complexity index is 468. The van der Waals surface area contributed by atoms with Crippen molar-refractivity contribution in [2.45, 2.75) is 32.9 Å². The van der Waals surface area contributed by atoms with E-state index in [1.54, 1.807) is 13.8 Å². The third-order valence-electron chi connectivity index (χ3n) is 2.86. The lowest BCUT2D eigenvalue weighted by atomic mass is 10.1. The molecule has 1 atom stereocenters. The van der Waals surface area contributed by atoms with Crippen LogP contribution >= 0.6 is 11.8 Å². The normalized spacial score (nSPS) is 11.8. The number of anilines is 1. The summed E-state index contributed by atoms with van der Waals surface area (Å²) >= 11 is 1.28. The van der Waals surface area contributed by atoms with E-state index in [4.69, 9.17) is 4.74 Å². The summed E-state index contributed by atoms with van der Waals surface area (Å²) in [5.41, 5.74) is 2.91. The van der Waals surface area contributed by atoms with Crippen molar-refractivity contribution in [2.24, 2.45) is 0 Å². The van der Waals surface area contributed by atoms with Crippen LogP contribution in [-0.4, -0.2) is 29.5 Å². The van der Waals surface area contributed by atoms with Crippen LogP contribution in [0, 0.1) is 13.8 Å². The van der Waals surface area contributed by atoms with E-state index >= 15 is 0 Å². The smallest absolute Gasteiger partial charge is 0.315 e. The van der Waals surface area contributed by atoms with Crippen LogP contribution in [0.15, 0.2) is 18.2 Å². The van der Waals surface area contributed by atoms with Crippen molar-refractivity contribution >= 4 is 29.3 Å². The first-order valence-corrected chi connectivity index (χ1v) is 7.64. The number of aryl methyl sites for hydroxylation is 2. The zero-order valence-corrected chi connectivity index (χ0v) is 13.2. The Hall–Kier alpha value is -1.49. The first kappa shape index (κ1) is 16.6. The lowest BCUT2D eigenvalue weighted by Crippen LogP contribution is -2.24. The number of carbonyl (C=O) groups is 2. The van der Waals surface area contributed by atoms with Crippen molar-refractivity contribution in [3.8, 4) is 0 Å². The molecule has 5 heteroatoms. The minimum absolute atomic E-state index is 0.100. The van der Waals surface area contributed by atoms with Gasteiger partial charge in [-0.1, -0.05) is 18.2 Å². The molecule has 20 heavy (non-hydrogen) atoms. The number of hydrogen-bond acceptors (Lipinski definition) is 4. The highest BCUT2D eigenvalue weighted by Gasteiger charge is 2.17. The summed E-state index contributed by atoms with van der Waals surface area (Å²) in [7, 11) is 0. The van der Waals surface area contributed by atoms with Gasteiger partial charge >= 0.3 is 5.97 Å². The standard InChI is InChI=1S/C15H21NO3S/c1-5-19-13(17)9-20-12(4)15(18)16-14-10(2)7-6-8-11(14)3/h6-8,12H,5,9H2,1-4H3,(H,16,18). The molecular weight excluding hydrogens is 274 g/mol. The lowest BCUT2D eigenvalue weighted by Gasteiger charge is -2.15. The van der Waals surface area contributed by atoms with Gasteiger partial charge in [0.2, 0.25) is 5.91 Å². The Kier molecular flexibility index (Phi) is 6.58. The molecule has 110 valence electrons. The molecule has 1 aromatic rings. The van der Waals surface area contributed by atoms with Gasteiger partial charge in [-0.3, -0.25) is 9.59 Å². The molecule has 0 fully saturated rings. The SMILES string of the molecule is CCOC(=O)CSC(C)C(=O)Nc1c(C)cccc1C. The quantitative estimate of drug-likeness (QED) is 0.820. The summed E-state index contributed by atoms with van der Waals surface area (Å²) in [5.74, 6) is -0.198. The molecule has 1 aromatic carbocycles. The fourth-order valence-corrected chi connectivity index (χ4v) is 2.39.